The van der Waals surface area contributed by atoms with Gasteiger partial charge in [0.2, 0.25) is 5.91 Å². The number of rotatable bonds is 6. The molecular weight excluding hydrogens is 325 g/mol. The van der Waals surface area contributed by atoms with Gasteiger partial charge in [-0.2, -0.15) is 11.3 Å². The molecule has 1 heterocycles. The van der Waals surface area contributed by atoms with Gasteiger partial charge in [-0.1, -0.05) is 0 Å². The Bertz CT molecular complexity index is 725. The lowest BCUT2D eigenvalue weighted by Gasteiger charge is -2.13. The first-order valence-electron chi connectivity index (χ1n) is 6.67. The molecule has 7 heteroatoms. The van der Waals surface area contributed by atoms with Crippen LogP contribution in [0.15, 0.2) is 46.0 Å². The molecule has 0 saturated carbocycles. The third kappa shape index (κ3) is 4.14. The summed E-state index contributed by atoms with van der Waals surface area (Å²) >= 11 is 1.53. The van der Waals surface area contributed by atoms with Crippen molar-refractivity contribution < 1.29 is 17.6 Å². The minimum Gasteiger partial charge on any atom is -0.352 e. The Morgan fingerprint density at radius 2 is 1.95 bits per heavy atom. The molecule has 0 spiro atoms. The summed E-state index contributed by atoms with van der Waals surface area (Å²) < 4.78 is 37.5. The highest BCUT2D eigenvalue weighted by molar-refractivity contribution is 7.92. The molecule has 0 aliphatic carbocycles. The fourth-order valence-corrected chi connectivity index (χ4v) is 3.91. The van der Waals surface area contributed by atoms with Crippen LogP contribution in [0.5, 0.6) is 0 Å². The van der Waals surface area contributed by atoms with Crippen molar-refractivity contribution in [2.45, 2.75) is 30.0 Å². The number of thiophene rings is 1. The molecule has 0 saturated heterocycles. The van der Waals surface area contributed by atoms with Crippen LogP contribution in [0.2, 0.25) is 0 Å². The molecule has 22 heavy (non-hydrogen) atoms. The molecule has 1 aromatic heterocycles. The van der Waals surface area contributed by atoms with Crippen LogP contribution in [0.25, 0.3) is 0 Å². The molecule has 118 valence electrons. The summed E-state index contributed by atoms with van der Waals surface area (Å²) in [6, 6.07) is 6.50. The number of nitrogens with one attached hydrogen (secondary N) is 1. The van der Waals surface area contributed by atoms with Crippen molar-refractivity contribution in [2.24, 2.45) is 0 Å². The van der Waals surface area contributed by atoms with E-state index in [1.54, 1.807) is 0 Å². The largest absolute Gasteiger partial charge is 0.352 e. The highest BCUT2D eigenvalue weighted by Crippen LogP contribution is 2.18. The third-order valence-electron chi connectivity index (χ3n) is 3.21. The number of sulfone groups is 1. The van der Waals surface area contributed by atoms with Crippen molar-refractivity contribution in [3.63, 3.8) is 0 Å². The van der Waals surface area contributed by atoms with E-state index in [1.165, 1.54) is 30.4 Å². The molecule has 0 radical (unpaired) electrons. The number of carbonyl (C=O) groups excluding carboxylic acids is 1. The lowest BCUT2D eigenvalue weighted by atomic mass is 10.3. The molecule has 1 unspecified atom stereocenters. The standard InChI is InChI=1S/C15H16FNO3S2/c1-11(8-15(18)17-9-12-6-7-21-10-12)22(19,20)14-4-2-13(16)3-5-14/h2-7,10-11H,8-9H2,1H3,(H,17,18). The zero-order valence-corrected chi connectivity index (χ0v) is 13.6. The van der Waals surface area contributed by atoms with Crippen molar-refractivity contribution in [3.05, 3.63) is 52.5 Å². The van der Waals surface area contributed by atoms with E-state index in [0.29, 0.717) is 6.54 Å². The fraction of sp³-hybridized carbons (Fsp3) is 0.267. The normalized spacial score (nSPS) is 12.8. The maximum absolute atomic E-state index is 12.9. The van der Waals surface area contributed by atoms with Gasteiger partial charge in [-0.25, -0.2) is 12.8 Å². The van der Waals surface area contributed by atoms with E-state index in [0.717, 1.165) is 17.7 Å². The Kier molecular flexibility index (Phi) is 5.31. The number of carbonyl (C=O) groups is 1. The summed E-state index contributed by atoms with van der Waals surface area (Å²) in [5.74, 6) is -0.829. The van der Waals surface area contributed by atoms with Crippen LogP contribution in [0, 0.1) is 5.82 Å². The minimum atomic E-state index is -3.65. The Morgan fingerprint density at radius 3 is 2.55 bits per heavy atom. The van der Waals surface area contributed by atoms with Gasteiger partial charge in [0.25, 0.3) is 0 Å². The molecule has 4 nitrogen and oxygen atoms in total. The molecule has 0 fully saturated rings. The lowest BCUT2D eigenvalue weighted by Crippen LogP contribution is -2.29. The molecule has 1 atom stereocenters. The Labute approximate surface area is 132 Å². The molecule has 1 aromatic carbocycles. The van der Waals surface area contributed by atoms with Crippen LogP contribution in [-0.4, -0.2) is 19.6 Å². The summed E-state index contributed by atoms with van der Waals surface area (Å²) in [6.07, 6.45) is -0.135. The first kappa shape index (κ1) is 16.6. The first-order chi connectivity index (χ1) is 10.4. The van der Waals surface area contributed by atoms with Gasteiger partial charge >= 0.3 is 0 Å². The van der Waals surface area contributed by atoms with Crippen LogP contribution in [0.4, 0.5) is 4.39 Å². The minimum absolute atomic E-state index is 0.0204. The number of benzene rings is 1. The predicted molar refractivity (Wildman–Crippen MR) is 83.8 cm³/mol. The number of halogens is 1. The van der Waals surface area contributed by atoms with Gasteiger partial charge in [0.05, 0.1) is 10.1 Å². The summed E-state index contributed by atoms with van der Waals surface area (Å²) in [7, 11) is -3.65. The quantitative estimate of drug-likeness (QED) is 0.822. The number of amides is 1. The van der Waals surface area contributed by atoms with Gasteiger partial charge in [0.1, 0.15) is 5.82 Å². The van der Waals surface area contributed by atoms with Crippen molar-refractivity contribution in [1.29, 1.82) is 0 Å². The summed E-state index contributed by atoms with van der Waals surface area (Å²) in [5.41, 5.74) is 0.979. The third-order valence-corrected chi connectivity index (χ3v) is 6.10. The number of hydrogen-bond donors (Lipinski definition) is 1. The molecule has 0 bridgehead atoms. The molecule has 1 N–H and O–H groups in total. The Balaban J connectivity index is 1.96. The van der Waals surface area contributed by atoms with Gasteiger partial charge in [-0.15, -0.1) is 0 Å². The Hall–Kier alpha value is -1.73. The van der Waals surface area contributed by atoms with Crippen molar-refractivity contribution >= 4 is 27.1 Å². The monoisotopic (exact) mass is 341 g/mol. The highest BCUT2D eigenvalue weighted by atomic mass is 32.2. The topological polar surface area (TPSA) is 63.2 Å². The van der Waals surface area contributed by atoms with E-state index in [-0.39, 0.29) is 17.2 Å². The van der Waals surface area contributed by atoms with Crippen LogP contribution in [0.3, 0.4) is 0 Å². The SMILES string of the molecule is CC(CC(=O)NCc1ccsc1)S(=O)(=O)c1ccc(F)cc1. The molecule has 0 aliphatic rings. The highest BCUT2D eigenvalue weighted by Gasteiger charge is 2.25. The van der Waals surface area contributed by atoms with Gasteiger partial charge in [0, 0.05) is 13.0 Å². The second kappa shape index (κ2) is 7.02. The molecule has 2 rings (SSSR count). The van der Waals surface area contributed by atoms with Crippen molar-refractivity contribution in [3.8, 4) is 0 Å². The molecule has 2 aromatic rings. The maximum atomic E-state index is 12.9. The van der Waals surface area contributed by atoms with Crippen LogP contribution < -0.4 is 5.32 Å². The molecule has 0 aliphatic heterocycles. The van der Waals surface area contributed by atoms with E-state index in [2.05, 4.69) is 5.32 Å². The Morgan fingerprint density at radius 1 is 1.27 bits per heavy atom. The predicted octanol–water partition coefficient (Wildman–Crippen LogP) is 2.76. The van der Waals surface area contributed by atoms with E-state index >= 15 is 0 Å². The van der Waals surface area contributed by atoms with E-state index in [9.17, 15) is 17.6 Å². The van der Waals surface area contributed by atoms with Gasteiger partial charge < -0.3 is 5.32 Å². The van der Waals surface area contributed by atoms with Gasteiger partial charge in [0.15, 0.2) is 9.84 Å². The van der Waals surface area contributed by atoms with E-state index in [1.807, 2.05) is 16.8 Å². The average molecular weight is 341 g/mol. The second-order valence-corrected chi connectivity index (χ2v) is 8.07. The van der Waals surface area contributed by atoms with Crippen molar-refractivity contribution in [1.82, 2.24) is 5.32 Å². The zero-order valence-electron chi connectivity index (χ0n) is 12.0. The smallest absolute Gasteiger partial charge is 0.221 e. The average Bonchev–Trinajstić information content (AvgIpc) is 2.99. The van der Waals surface area contributed by atoms with Crippen LogP contribution in [0.1, 0.15) is 18.9 Å². The number of hydrogen-bond acceptors (Lipinski definition) is 4. The molecular formula is C15H16FNO3S2. The summed E-state index contributed by atoms with van der Waals surface area (Å²) in [5, 5.41) is 5.64. The van der Waals surface area contributed by atoms with Gasteiger partial charge in [-0.3, -0.25) is 4.79 Å². The first-order valence-corrected chi connectivity index (χ1v) is 9.16. The summed E-state index contributed by atoms with van der Waals surface area (Å²) in [4.78, 5) is 11.9. The van der Waals surface area contributed by atoms with E-state index in [4.69, 9.17) is 0 Å². The zero-order chi connectivity index (χ0) is 16.2. The van der Waals surface area contributed by atoms with Gasteiger partial charge in [-0.05, 0) is 53.6 Å². The van der Waals surface area contributed by atoms with Crippen LogP contribution in [-0.2, 0) is 21.2 Å². The van der Waals surface area contributed by atoms with Crippen molar-refractivity contribution in [2.75, 3.05) is 0 Å². The van der Waals surface area contributed by atoms with Crippen LogP contribution >= 0.6 is 11.3 Å². The molecule has 1 amide bonds. The summed E-state index contributed by atoms with van der Waals surface area (Å²) in [6.45, 7) is 1.86. The maximum Gasteiger partial charge on any atom is 0.221 e. The lowest BCUT2D eigenvalue weighted by molar-refractivity contribution is -0.121. The fourth-order valence-electron chi connectivity index (χ4n) is 1.89. The van der Waals surface area contributed by atoms with E-state index < -0.39 is 20.9 Å². The second-order valence-electron chi connectivity index (χ2n) is 4.92.